The number of esters is 1. The van der Waals surface area contributed by atoms with E-state index in [2.05, 4.69) is 12.1 Å². The summed E-state index contributed by atoms with van der Waals surface area (Å²) in [5.74, 6) is -0.0805. The summed E-state index contributed by atoms with van der Waals surface area (Å²) in [5.41, 5.74) is 1.29. The second-order valence-corrected chi connectivity index (χ2v) is 4.07. The summed E-state index contributed by atoms with van der Waals surface area (Å²) in [6.07, 6.45) is 3.24. The van der Waals surface area contributed by atoms with E-state index in [4.69, 9.17) is 4.74 Å². The van der Waals surface area contributed by atoms with Gasteiger partial charge in [0.2, 0.25) is 0 Å². The van der Waals surface area contributed by atoms with Gasteiger partial charge in [-0.05, 0) is 31.7 Å². The first-order chi connectivity index (χ1) is 7.72. The van der Waals surface area contributed by atoms with E-state index in [1.807, 2.05) is 32.0 Å². The van der Waals surface area contributed by atoms with Crippen molar-refractivity contribution in [2.24, 2.45) is 0 Å². The minimum Gasteiger partial charge on any atom is -0.463 e. The predicted octanol–water partition coefficient (Wildman–Crippen LogP) is 3.35. The summed E-state index contributed by atoms with van der Waals surface area (Å²) in [5, 5.41) is 0. The van der Waals surface area contributed by atoms with Gasteiger partial charge in [0.15, 0.2) is 0 Å². The summed E-state index contributed by atoms with van der Waals surface area (Å²) in [7, 11) is 0. The maximum absolute atomic E-state index is 11.2. The number of carbonyl (C=O) groups excluding carboxylic acids is 1. The van der Waals surface area contributed by atoms with Crippen molar-refractivity contribution in [2.75, 3.05) is 0 Å². The van der Waals surface area contributed by atoms with Crippen LogP contribution in [0.4, 0.5) is 0 Å². The molecular weight excluding hydrogens is 200 g/mol. The molecular formula is C14H20O2. The lowest BCUT2D eigenvalue weighted by Gasteiger charge is -2.12. The molecule has 0 aliphatic carbocycles. The molecule has 0 amide bonds. The summed E-state index contributed by atoms with van der Waals surface area (Å²) in [4.78, 5) is 11.2. The van der Waals surface area contributed by atoms with Crippen LogP contribution in [0.2, 0.25) is 0 Å². The number of rotatable bonds is 6. The first kappa shape index (κ1) is 12.8. The average molecular weight is 220 g/mol. The van der Waals surface area contributed by atoms with Gasteiger partial charge in [0.25, 0.3) is 0 Å². The fraction of sp³-hybridized carbons (Fsp3) is 0.500. The monoisotopic (exact) mass is 220 g/mol. The van der Waals surface area contributed by atoms with Crippen LogP contribution in [0.15, 0.2) is 30.3 Å². The molecule has 0 fully saturated rings. The van der Waals surface area contributed by atoms with Gasteiger partial charge in [-0.1, -0.05) is 37.3 Å². The van der Waals surface area contributed by atoms with E-state index in [-0.39, 0.29) is 12.1 Å². The van der Waals surface area contributed by atoms with E-state index in [0.29, 0.717) is 6.42 Å². The van der Waals surface area contributed by atoms with Crippen LogP contribution in [-0.4, -0.2) is 12.1 Å². The molecule has 0 saturated heterocycles. The quantitative estimate of drug-likeness (QED) is 0.687. The zero-order valence-corrected chi connectivity index (χ0v) is 10.1. The van der Waals surface area contributed by atoms with E-state index in [1.54, 1.807) is 0 Å². The number of aryl methyl sites for hydroxylation is 1. The molecule has 1 aromatic carbocycles. The van der Waals surface area contributed by atoms with Crippen LogP contribution >= 0.6 is 0 Å². The van der Waals surface area contributed by atoms with Crippen molar-refractivity contribution in [3.8, 4) is 0 Å². The fourth-order valence-electron chi connectivity index (χ4n) is 1.56. The van der Waals surface area contributed by atoms with Crippen LogP contribution in [0.1, 0.15) is 38.7 Å². The highest BCUT2D eigenvalue weighted by Crippen LogP contribution is 2.08. The van der Waals surface area contributed by atoms with Gasteiger partial charge in [-0.15, -0.1) is 0 Å². The van der Waals surface area contributed by atoms with E-state index in [1.165, 1.54) is 5.56 Å². The highest BCUT2D eigenvalue weighted by atomic mass is 16.5. The Hall–Kier alpha value is -1.31. The molecule has 2 heteroatoms. The molecule has 1 rings (SSSR count). The van der Waals surface area contributed by atoms with Crippen molar-refractivity contribution in [1.82, 2.24) is 0 Å². The molecule has 88 valence electrons. The smallest absolute Gasteiger partial charge is 0.306 e. The van der Waals surface area contributed by atoms with Crippen molar-refractivity contribution in [2.45, 2.75) is 45.6 Å². The molecule has 1 aromatic rings. The van der Waals surface area contributed by atoms with Crippen LogP contribution in [0, 0.1) is 0 Å². The molecule has 0 bridgehead atoms. The number of benzene rings is 1. The Labute approximate surface area is 97.6 Å². The molecule has 1 atom stereocenters. The van der Waals surface area contributed by atoms with E-state index in [0.717, 1.165) is 19.3 Å². The molecule has 0 radical (unpaired) electrons. The maximum atomic E-state index is 11.2. The largest absolute Gasteiger partial charge is 0.463 e. The molecule has 0 N–H and O–H groups in total. The summed E-state index contributed by atoms with van der Waals surface area (Å²) >= 11 is 0. The van der Waals surface area contributed by atoms with Gasteiger partial charge in [0.1, 0.15) is 0 Å². The Bertz CT molecular complexity index is 306. The van der Waals surface area contributed by atoms with Crippen molar-refractivity contribution in [1.29, 1.82) is 0 Å². The molecule has 0 aromatic heterocycles. The third-order valence-electron chi connectivity index (χ3n) is 2.47. The normalized spacial score (nSPS) is 12.1. The molecule has 0 saturated carbocycles. The van der Waals surface area contributed by atoms with Crippen LogP contribution in [0.5, 0.6) is 0 Å². The van der Waals surface area contributed by atoms with Crippen LogP contribution in [0.3, 0.4) is 0 Å². The lowest BCUT2D eigenvalue weighted by molar-refractivity contribution is -0.148. The number of hydrogen-bond acceptors (Lipinski definition) is 2. The van der Waals surface area contributed by atoms with Gasteiger partial charge in [-0.2, -0.15) is 0 Å². The highest BCUT2D eigenvalue weighted by Gasteiger charge is 2.08. The van der Waals surface area contributed by atoms with E-state index in [9.17, 15) is 4.79 Å². The van der Waals surface area contributed by atoms with Crippen LogP contribution < -0.4 is 0 Å². The standard InChI is InChI=1S/C14H20O2/c1-3-7-14(15)16-12(2)10-11-13-8-5-4-6-9-13/h4-6,8-9,12H,3,7,10-11H2,1-2H3. The maximum Gasteiger partial charge on any atom is 0.306 e. The SMILES string of the molecule is CCCC(=O)OC(C)CCc1ccccc1. The Morgan fingerprint density at radius 3 is 2.62 bits per heavy atom. The third kappa shape index (κ3) is 4.96. The fourth-order valence-corrected chi connectivity index (χ4v) is 1.56. The van der Waals surface area contributed by atoms with Gasteiger partial charge in [0.05, 0.1) is 6.10 Å². The minimum atomic E-state index is -0.0805. The van der Waals surface area contributed by atoms with E-state index >= 15 is 0 Å². The van der Waals surface area contributed by atoms with Crippen molar-refractivity contribution in [3.63, 3.8) is 0 Å². The van der Waals surface area contributed by atoms with Gasteiger partial charge >= 0.3 is 5.97 Å². The van der Waals surface area contributed by atoms with Crippen LogP contribution in [-0.2, 0) is 16.0 Å². The highest BCUT2D eigenvalue weighted by molar-refractivity contribution is 5.69. The molecule has 2 nitrogen and oxygen atoms in total. The van der Waals surface area contributed by atoms with Crippen molar-refractivity contribution < 1.29 is 9.53 Å². The Morgan fingerprint density at radius 1 is 1.31 bits per heavy atom. The Morgan fingerprint density at radius 2 is 2.00 bits per heavy atom. The first-order valence-corrected chi connectivity index (χ1v) is 5.95. The second kappa shape index (κ2) is 7.04. The Kier molecular flexibility index (Phi) is 5.62. The Balaban J connectivity index is 2.25. The van der Waals surface area contributed by atoms with Crippen molar-refractivity contribution in [3.05, 3.63) is 35.9 Å². The zero-order chi connectivity index (χ0) is 11.8. The van der Waals surface area contributed by atoms with Gasteiger partial charge < -0.3 is 4.74 Å². The van der Waals surface area contributed by atoms with Crippen molar-refractivity contribution >= 4 is 5.97 Å². The number of carbonyl (C=O) groups is 1. The third-order valence-corrected chi connectivity index (χ3v) is 2.47. The topological polar surface area (TPSA) is 26.3 Å². The number of ether oxygens (including phenoxy) is 1. The first-order valence-electron chi connectivity index (χ1n) is 5.95. The van der Waals surface area contributed by atoms with Gasteiger partial charge in [0, 0.05) is 6.42 Å². The van der Waals surface area contributed by atoms with Gasteiger partial charge in [-0.25, -0.2) is 0 Å². The summed E-state index contributed by atoms with van der Waals surface area (Å²) in [6, 6.07) is 10.3. The molecule has 0 heterocycles. The number of hydrogen-bond donors (Lipinski definition) is 0. The minimum absolute atomic E-state index is 0.0132. The predicted molar refractivity (Wildman–Crippen MR) is 65.2 cm³/mol. The summed E-state index contributed by atoms with van der Waals surface area (Å²) < 4.78 is 5.27. The summed E-state index contributed by atoms with van der Waals surface area (Å²) in [6.45, 7) is 3.94. The molecule has 0 aliphatic rings. The molecule has 0 aliphatic heterocycles. The lowest BCUT2D eigenvalue weighted by atomic mass is 10.1. The zero-order valence-electron chi connectivity index (χ0n) is 10.1. The molecule has 16 heavy (non-hydrogen) atoms. The second-order valence-electron chi connectivity index (χ2n) is 4.07. The van der Waals surface area contributed by atoms with Gasteiger partial charge in [-0.3, -0.25) is 4.79 Å². The average Bonchev–Trinajstić information content (AvgIpc) is 2.28. The van der Waals surface area contributed by atoms with Crippen LogP contribution in [0.25, 0.3) is 0 Å². The lowest BCUT2D eigenvalue weighted by Crippen LogP contribution is -2.15. The molecule has 1 unspecified atom stereocenters. The van der Waals surface area contributed by atoms with E-state index < -0.39 is 0 Å². The molecule has 0 spiro atoms.